The summed E-state index contributed by atoms with van der Waals surface area (Å²) in [5.41, 5.74) is 3.06. The molecule has 0 unspecified atom stereocenters. The van der Waals surface area contributed by atoms with Crippen LogP contribution in [-0.4, -0.2) is 34.6 Å². The van der Waals surface area contributed by atoms with Gasteiger partial charge in [-0.15, -0.1) is 0 Å². The minimum atomic E-state index is -0.197. The number of likely N-dealkylation sites (N-methyl/N-ethyl adjacent to an activating group) is 1. The second kappa shape index (κ2) is 8.44. The largest absolute Gasteiger partial charge is 0.361 e. The highest BCUT2D eigenvalue weighted by atomic mass is 16.5. The summed E-state index contributed by atoms with van der Waals surface area (Å²) in [6.45, 7) is 4.64. The number of hydrogen-bond donors (Lipinski definition) is 1. The number of carbonyl (C=O) groups excluding carboxylic acids is 1. The highest BCUT2D eigenvalue weighted by Crippen LogP contribution is 2.17. The number of nitrogens with zero attached hydrogens (tertiary/aromatic N) is 4. The van der Waals surface area contributed by atoms with Gasteiger partial charge in [0.05, 0.1) is 5.69 Å². The molecule has 1 amide bonds. The Kier molecular flexibility index (Phi) is 5.80. The highest BCUT2D eigenvalue weighted by Gasteiger charge is 2.18. The lowest BCUT2D eigenvalue weighted by Gasteiger charge is -2.21. The first-order valence-corrected chi connectivity index (χ1v) is 8.82. The first kappa shape index (κ1) is 18.6. The number of pyridine rings is 2. The summed E-state index contributed by atoms with van der Waals surface area (Å²) in [5, 5.41) is 6.76. The van der Waals surface area contributed by atoms with Crippen molar-refractivity contribution in [1.82, 2.24) is 20.4 Å². The van der Waals surface area contributed by atoms with Crippen molar-refractivity contribution < 1.29 is 9.32 Å². The molecule has 7 heteroatoms. The maximum atomic E-state index is 12.5. The Morgan fingerprint density at radius 2 is 1.96 bits per heavy atom. The molecule has 0 aromatic carbocycles. The average Bonchev–Trinajstić information content (AvgIpc) is 3.03. The zero-order chi connectivity index (χ0) is 19.2. The summed E-state index contributed by atoms with van der Waals surface area (Å²) < 4.78 is 5.07. The van der Waals surface area contributed by atoms with Gasteiger partial charge in [-0.25, -0.2) is 4.98 Å². The SMILES string of the molecule is Cc1noc(C)c1C(=O)NCc1cccnc1N(C)CCc1ccccn1. The van der Waals surface area contributed by atoms with E-state index < -0.39 is 0 Å². The summed E-state index contributed by atoms with van der Waals surface area (Å²) in [5.74, 6) is 1.16. The summed E-state index contributed by atoms with van der Waals surface area (Å²) in [7, 11) is 1.99. The molecule has 3 aromatic heterocycles. The molecule has 3 rings (SSSR count). The minimum Gasteiger partial charge on any atom is -0.361 e. The maximum Gasteiger partial charge on any atom is 0.257 e. The number of amides is 1. The van der Waals surface area contributed by atoms with Gasteiger partial charge in [-0.2, -0.15) is 0 Å². The number of aromatic nitrogens is 3. The molecule has 27 heavy (non-hydrogen) atoms. The fourth-order valence-corrected chi connectivity index (χ4v) is 2.92. The van der Waals surface area contributed by atoms with Crippen LogP contribution >= 0.6 is 0 Å². The van der Waals surface area contributed by atoms with Crippen LogP contribution in [0.5, 0.6) is 0 Å². The zero-order valence-corrected chi connectivity index (χ0v) is 15.8. The molecule has 140 valence electrons. The first-order chi connectivity index (χ1) is 13.1. The number of aryl methyl sites for hydroxylation is 2. The van der Waals surface area contributed by atoms with E-state index in [1.165, 1.54) is 0 Å². The van der Waals surface area contributed by atoms with Crippen molar-refractivity contribution in [1.29, 1.82) is 0 Å². The number of rotatable bonds is 7. The topological polar surface area (TPSA) is 84.2 Å². The second-order valence-corrected chi connectivity index (χ2v) is 6.36. The quantitative estimate of drug-likeness (QED) is 0.693. The Balaban J connectivity index is 1.65. The Labute approximate surface area is 158 Å². The molecule has 0 radical (unpaired) electrons. The monoisotopic (exact) mass is 365 g/mol. The van der Waals surface area contributed by atoms with Gasteiger partial charge in [-0.3, -0.25) is 9.78 Å². The summed E-state index contributed by atoms with van der Waals surface area (Å²) in [6, 6.07) is 9.74. The fraction of sp³-hybridized carbons (Fsp3) is 0.300. The van der Waals surface area contributed by atoms with Crippen LogP contribution in [0, 0.1) is 13.8 Å². The number of anilines is 1. The maximum absolute atomic E-state index is 12.5. The van der Waals surface area contributed by atoms with E-state index in [2.05, 4.69) is 25.3 Å². The molecule has 0 saturated carbocycles. The molecule has 0 atom stereocenters. The van der Waals surface area contributed by atoms with Gasteiger partial charge in [0, 0.05) is 50.2 Å². The van der Waals surface area contributed by atoms with Crippen LogP contribution in [0.2, 0.25) is 0 Å². The predicted octanol–water partition coefficient (Wildman–Crippen LogP) is 2.69. The van der Waals surface area contributed by atoms with Crippen molar-refractivity contribution >= 4 is 11.7 Å². The normalized spacial score (nSPS) is 10.6. The number of nitrogens with one attached hydrogen (secondary N) is 1. The third-order valence-corrected chi connectivity index (χ3v) is 4.36. The van der Waals surface area contributed by atoms with Gasteiger partial charge in [-0.1, -0.05) is 17.3 Å². The molecule has 0 aliphatic heterocycles. The molecule has 0 aliphatic rings. The Hall–Kier alpha value is -3.22. The van der Waals surface area contributed by atoms with E-state index in [1.807, 2.05) is 37.4 Å². The highest BCUT2D eigenvalue weighted by molar-refractivity contribution is 5.96. The van der Waals surface area contributed by atoms with Gasteiger partial charge in [0.15, 0.2) is 0 Å². The number of carbonyl (C=O) groups is 1. The summed E-state index contributed by atoms with van der Waals surface area (Å²) in [6.07, 6.45) is 4.37. The van der Waals surface area contributed by atoms with E-state index in [9.17, 15) is 4.79 Å². The van der Waals surface area contributed by atoms with E-state index in [1.54, 1.807) is 26.2 Å². The lowest BCUT2D eigenvalue weighted by molar-refractivity contribution is 0.0949. The van der Waals surface area contributed by atoms with Crippen LogP contribution in [0.3, 0.4) is 0 Å². The van der Waals surface area contributed by atoms with Crippen molar-refractivity contribution in [3.63, 3.8) is 0 Å². The van der Waals surface area contributed by atoms with Gasteiger partial charge in [-0.05, 0) is 32.0 Å². The number of hydrogen-bond acceptors (Lipinski definition) is 6. The second-order valence-electron chi connectivity index (χ2n) is 6.36. The third-order valence-electron chi connectivity index (χ3n) is 4.36. The third kappa shape index (κ3) is 4.49. The Bertz CT molecular complexity index is 888. The summed E-state index contributed by atoms with van der Waals surface area (Å²) >= 11 is 0. The minimum absolute atomic E-state index is 0.197. The van der Waals surface area contributed by atoms with Crippen molar-refractivity contribution in [3.05, 3.63) is 71.0 Å². The fourth-order valence-electron chi connectivity index (χ4n) is 2.92. The molecule has 1 N–H and O–H groups in total. The van der Waals surface area contributed by atoms with E-state index in [-0.39, 0.29) is 5.91 Å². The van der Waals surface area contributed by atoms with Crippen molar-refractivity contribution in [3.8, 4) is 0 Å². The predicted molar refractivity (Wildman–Crippen MR) is 103 cm³/mol. The first-order valence-electron chi connectivity index (χ1n) is 8.82. The Morgan fingerprint density at radius 1 is 1.15 bits per heavy atom. The van der Waals surface area contributed by atoms with Crippen molar-refractivity contribution in [2.45, 2.75) is 26.8 Å². The standard InChI is InChI=1S/C20H23N5O2/c1-14-18(15(2)27-24-14)20(26)23-13-16-7-6-11-22-19(16)25(3)12-9-17-8-4-5-10-21-17/h4-8,10-11H,9,12-13H2,1-3H3,(H,23,26). The summed E-state index contributed by atoms with van der Waals surface area (Å²) in [4.78, 5) is 23.4. The van der Waals surface area contributed by atoms with E-state index in [0.29, 0.717) is 23.6 Å². The van der Waals surface area contributed by atoms with Crippen LogP contribution < -0.4 is 10.2 Å². The average molecular weight is 365 g/mol. The molecule has 7 nitrogen and oxygen atoms in total. The molecule has 0 aliphatic carbocycles. The van der Waals surface area contributed by atoms with E-state index >= 15 is 0 Å². The smallest absolute Gasteiger partial charge is 0.257 e. The van der Waals surface area contributed by atoms with Gasteiger partial charge < -0.3 is 14.7 Å². The van der Waals surface area contributed by atoms with E-state index in [4.69, 9.17) is 4.52 Å². The van der Waals surface area contributed by atoms with Crippen LogP contribution in [0.15, 0.2) is 47.2 Å². The molecular weight excluding hydrogens is 342 g/mol. The van der Waals surface area contributed by atoms with Crippen molar-refractivity contribution in [2.75, 3.05) is 18.5 Å². The van der Waals surface area contributed by atoms with Gasteiger partial charge >= 0.3 is 0 Å². The molecule has 0 saturated heterocycles. The van der Waals surface area contributed by atoms with Crippen LogP contribution in [0.4, 0.5) is 5.82 Å². The molecular formula is C20H23N5O2. The lowest BCUT2D eigenvalue weighted by atomic mass is 10.1. The van der Waals surface area contributed by atoms with Crippen LogP contribution in [0.1, 0.15) is 33.1 Å². The lowest BCUT2D eigenvalue weighted by Crippen LogP contribution is -2.27. The molecule has 3 heterocycles. The van der Waals surface area contributed by atoms with Gasteiger partial charge in [0.2, 0.25) is 0 Å². The van der Waals surface area contributed by atoms with Crippen molar-refractivity contribution in [2.24, 2.45) is 0 Å². The molecule has 0 fully saturated rings. The molecule has 3 aromatic rings. The molecule has 0 bridgehead atoms. The van der Waals surface area contributed by atoms with Crippen LogP contribution in [0.25, 0.3) is 0 Å². The van der Waals surface area contributed by atoms with Gasteiger partial charge in [0.1, 0.15) is 17.1 Å². The Morgan fingerprint density at radius 3 is 2.67 bits per heavy atom. The van der Waals surface area contributed by atoms with E-state index in [0.717, 1.165) is 30.0 Å². The van der Waals surface area contributed by atoms with Crippen LogP contribution in [-0.2, 0) is 13.0 Å². The van der Waals surface area contributed by atoms with Gasteiger partial charge in [0.25, 0.3) is 5.91 Å². The zero-order valence-electron chi connectivity index (χ0n) is 15.8. The molecule has 0 spiro atoms.